The summed E-state index contributed by atoms with van der Waals surface area (Å²) in [7, 11) is 2.14. The molecule has 0 fully saturated rings. The van der Waals surface area contributed by atoms with Gasteiger partial charge in [-0.15, -0.1) is 12.3 Å². The molecule has 0 radical (unpaired) electrons. The summed E-state index contributed by atoms with van der Waals surface area (Å²) in [5, 5.41) is 11.3. The van der Waals surface area contributed by atoms with Gasteiger partial charge in [0.05, 0.1) is 20.1 Å². The molecule has 26 heavy (non-hydrogen) atoms. The van der Waals surface area contributed by atoms with Gasteiger partial charge in [-0.05, 0) is 17.7 Å². The van der Waals surface area contributed by atoms with E-state index in [1.54, 1.807) is 6.07 Å². The summed E-state index contributed by atoms with van der Waals surface area (Å²) in [6.07, 6.45) is 4.93. The Morgan fingerprint density at radius 3 is 2.46 bits per heavy atom. The van der Waals surface area contributed by atoms with Crippen molar-refractivity contribution in [3.8, 4) is 23.8 Å². The summed E-state index contributed by atoms with van der Waals surface area (Å²) in [5.74, 6) is -0.215. The van der Waals surface area contributed by atoms with Gasteiger partial charge in [0.25, 0.3) is 0 Å². The van der Waals surface area contributed by atoms with Crippen LogP contribution in [0.1, 0.15) is 17.9 Å². The van der Waals surface area contributed by atoms with Crippen LogP contribution in [-0.4, -0.2) is 44.4 Å². The van der Waals surface area contributed by atoms with Crippen LogP contribution in [0.4, 0.5) is 0 Å². The maximum atomic E-state index is 12.6. The number of esters is 2. The third-order valence-corrected chi connectivity index (χ3v) is 4.21. The number of terminal acetylenes is 1. The molecule has 138 valence electrons. The smallest absolute Gasteiger partial charge is 0.325 e. The lowest BCUT2D eigenvalue weighted by Gasteiger charge is -2.32. The van der Waals surface area contributed by atoms with Gasteiger partial charge in [-0.1, -0.05) is 6.07 Å². The van der Waals surface area contributed by atoms with Gasteiger partial charge in [0.15, 0.2) is 16.9 Å². The molecule has 0 aromatic heterocycles. The number of rotatable bonds is 7. The van der Waals surface area contributed by atoms with Gasteiger partial charge in [-0.3, -0.25) is 19.7 Å². The molecule has 1 aromatic rings. The Hall–Kier alpha value is -3.28. The molecular formula is C17H17NO8. The van der Waals surface area contributed by atoms with Crippen molar-refractivity contribution in [1.82, 2.24) is 0 Å². The fourth-order valence-corrected chi connectivity index (χ4v) is 2.99. The van der Waals surface area contributed by atoms with Crippen molar-refractivity contribution >= 4 is 11.9 Å². The Morgan fingerprint density at radius 1 is 1.31 bits per heavy atom. The SMILES string of the molecule is C#CCC(C(=O)OC)(C(=O)OC)C(C[N+](=O)[O-])c1ccc2c(c1)OCO2. The molecule has 0 N–H and O–H groups in total. The minimum absolute atomic E-state index is 0.00217. The molecule has 0 amide bonds. The Balaban J connectivity index is 2.66. The lowest BCUT2D eigenvalue weighted by molar-refractivity contribution is -0.485. The quantitative estimate of drug-likeness (QED) is 0.233. The van der Waals surface area contributed by atoms with Crippen molar-refractivity contribution in [3.63, 3.8) is 0 Å². The highest BCUT2D eigenvalue weighted by molar-refractivity contribution is 6.01. The van der Waals surface area contributed by atoms with Gasteiger partial charge in [0, 0.05) is 11.3 Å². The zero-order chi connectivity index (χ0) is 19.3. The molecular weight excluding hydrogens is 346 g/mol. The molecule has 1 atom stereocenters. The number of hydrogen-bond acceptors (Lipinski definition) is 8. The van der Waals surface area contributed by atoms with Crippen LogP contribution in [0.3, 0.4) is 0 Å². The zero-order valence-corrected chi connectivity index (χ0v) is 14.2. The van der Waals surface area contributed by atoms with Crippen molar-refractivity contribution in [2.75, 3.05) is 27.6 Å². The number of benzene rings is 1. The van der Waals surface area contributed by atoms with Gasteiger partial charge in [-0.2, -0.15) is 0 Å². The van der Waals surface area contributed by atoms with Crippen LogP contribution in [0.15, 0.2) is 18.2 Å². The Morgan fingerprint density at radius 2 is 1.92 bits per heavy atom. The number of nitro groups is 1. The van der Waals surface area contributed by atoms with E-state index < -0.39 is 41.2 Å². The maximum Gasteiger partial charge on any atom is 0.325 e. The van der Waals surface area contributed by atoms with E-state index in [9.17, 15) is 19.7 Å². The van der Waals surface area contributed by atoms with Gasteiger partial charge in [0.1, 0.15) is 0 Å². The summed E-state index contributed by atoms with van der Waals surface area (Å²) in [4.78, 5) is 35.8. The van der Waals surface area contributed by atoms with E-state index in [1.165, 1.54) is 12.1 Å². The highest BCUT2D eigenvalue weighted by Crippen LogP contribution is 2.44. The third kappa shape index (κ3) is 3.26. The van der Waals surface area contributed by atoms with Crippen LogP contribution in [-0.2, 0) is 19.1 Å². The van der Waals surface area contributed by atoms with E-state index in [4.69, 9.17) is 25.4 Å². The number of carbonyl (C=O) groups excluding carboxylic acids is 2. The number of carbonyl (C=O) groups is 2. The number of fused-ring (bicyclic) bond motifs is 1. The average Bonchev–Trinajstić information content (AvgIpc) is 3.10. The molecule has 0 spiro atoms. The number of hydrogen-bond donors (Lipinski definition) is 0. The molecule has 1 heterocycles. The standard InChI is InChI=1S/C17H17NO8/c1-4-7-17(15(19)23-2,16(20)24-3)12(9-18(21)22)11-5-6-13-14(8-11)26-10-25-13/h1,5-6,8,12H,7,9-10H2,2-3H3. The van der Waals surface area contributed by atoms with Gasteiger partial charge >= 0.3 is 11.9 Å². The summed E-state index contributed by atoms with van der Waals surface area (Å²) in [6.45, 7) is -0.742. The fraction of sp³-hybridized carbons (Fsp3) is 0.412. The van der Waals surface area contributed by atoms with Crippen molar-refractivity contribution in [1.29, 1.82) is 0 Å². The lowest BCUT2D eigenvalue weighted by Crippen LogP contribution is -2.48. The first kappa shape index (κ1) is 19.1. The zero-order valence-electron chi connectivity index (χ0n) is 14.2. The number of nitrogens with zero attached hydrogens (tertiary/aromatic N) is 1. The molecule has 0 saturated heterocycles. The monoisotopic (exact) mass is 363 g/mol. The van der Waals surface area contributed by atoms with Gasteiger partial charge in [0.2, 0.25) is 13.3 Å². The van der Waals surface area contributed by atoms with Crippen LogP contribution in [0.5, 0.6) is 11.5 Å². The molecule has 0 bridgehead atoms. The van der Waals surface area contributed by atoms with Crippen LogP contribution >= 0.6 is 0 Å². The topological polar surface area (TPSA) is 114 Å². The first-order valence-corrected chi connectivity index (χ1v) is 7.52. The van der Waals surface area contributed by atoms with Crippen molar-refractivity contribution in [2.45, 2.75) is 12.3 Å². The van der Waals surface area contributed by atoms with Crippen LogP contribution < -0.4 is 9.47 Å². The van der Waals surface area contributed by atoms with E-state index in [0.717, 1.165) is 14.2 Å². The molecule has 1 aliphatic heterocycles. The summed E-state index contributed by atoms with van der Waals surface area (Å²) in [5.41, 5.74) is -1.77. The van der Waals surface area contributed by atoms with Crippen molar-refractivity contribution in [3.05, 3.63) is 33.9 Å². The van der Waals surface area contributed by atoms with E-state index in [1.807, 2.05) is 0 Å². The Labute approximate surface area is 149 Å². The molecule has 0 aliphatic carbocycles. The Bertz CT molecular complexity index is 751. The summed E-state index contributed by atoms with van der Waals surface area (Å²) >= 11 is 0. The van der Waals surface area contributed by atoms with E-state index >= 15 is 0 Å². The van der Waals surface area contributed by atoms with E-state index in [2.05, 4.69) is 5.92 Å². The minimum Gasteiger partial charge on any atom is -0.468 e. The van der Waals surface area contributed by atoms with Crippen molar-refractivity contribution < 1.29 is 33.5 Å². The first-order chi connectivity index (χ1) is 12.4. The number of ether oxygens (including phenoxy) is 4. The molecule has 2 rings (SSSR count). The van der Waals surface area contributed by atoms with Crippen LogP contribution in [0.2, 0.25) is 0 Å². The second-order valence-electron chi connectivity index (χ2n) is 5.52. The minimum atomic E-state index is -2.07. The maximum absolute atomic E-state index is 12.6. The lowest BCUT2D eigenvalue weighted by atomic mass is 9.69. The second kappa shape index (κ2) is 7.74. The summed E-state index contributed by atoms with van der Waals surface area (Å²) < 4.78 is 20.0. The van der Waals surface area contributed by atoms with Crippen LogP contribution in [0.25, 0.3) is 0 Å². The van der Waals surface area contributed by atoms with Gasteiger partial charge in [-0.25, -0.2) is 0 Å². The predicted octanol–water partition coefficient (Wildman–Crippen LogP) is 1.13. The highest BCUT2D eigenvalue weighted by Gasteiger charge is 2.57. The number of methoxy groups -OCH3 is 2. The Kier molecular flexibility index (Phi) is 5.67. The van der Waals surface area contributed by atoms with Gasteiger partial charge < -0.3 is 18.9 Å². The third-order valence-electron chi connectivity index (χ3n) is 4.21. The van der Waals surface area contributed by atoms with E-state index in [0.29, 0.717) is 17.1 Å². The molecule has 9 heteroatoms. The molecule has 0 saturated carbocycles. The normalized spacial score (nSPS) is 13.4. The molecule has 1 aromatic carbocycles. The largest absolute Gasteiger partial charge is 0.468 e. The summed E-state index contributed by atoms with van der Waals surface area (Å²) in [6, 6.07) is 4.53. The molecule has 1 aliphatic rings. The average molecular weight is 363 g/mol. The van der Waals surface area contributed by atoms with Crippen LogP contribution in [0, 0.1) is 27.9 Å². The van der Waals surface area contributed by atoms with E-state index in [-0.39, 0.29) is 6.79 Å². The molecule has 1 unspecified atom stereocenters. The highest BCUT2D eigenvalue weighted by atomic mass is 16.7. The first-order valence-electron chi connectivity index (χ1n) is 7.52. The second-order valence-corrected chi connectivity index (χ2v) is 5.52. The fourth-order valence-electron chi connectivity index (χ4n) is 2.99. The van der Waals surface area contributed by atoms with Crippen molar-refractivity contribution in [2.24, 2.45) is 5.41 Å². The predicted molar refractivity (Wildman–Crippen MR) is 87.1 cm³/mol. The molecule has 9 nitrogen and oxygen atoms in total.